The lowest BCUT2D eigenvalue weighted by molar-refractivity contribution is 0.338. The van der Waals surface area contributed by atoms with Crippen molar-refractivity contribution in [1.82, 2.24) is 0 Å². The SMILES string of the molecule is CCOc1ccc(C(Cl)C(C)C)cc1Br. The summed E-state index contributed by atoms with van der Waals surface area (Å²) in [6.07, 6.45) is 0. The number of alkyl halides is 1. The van der Waals surface area contributed by atoms with Crippen LogP contribution in [0.25, 0.3) is 0 Å². The van der Waals surface area contributed by atoms with Crippen LogP contribution in [-0.4, -0.2) is 6.61 Å². The monoisotopic (exact) mass is 290 g/mol. The molecule has 3 heteroatoms. The quantitative estimate of drug-likeness (QED) is 0.725. The van der Waals surface area contributed by atoms with Gasteiger partial charge >= 0.3 is 0 Å². The summed E-state index contributed by atoms with van der Waals surface area (Å²) in [5.74, 6) is 1.30. The predicted molar refractivity (Wildman–Crippen MR) is 68.7 cm³/mol. The van der Waals surface area contributed by atoms with Crippen molar-refractivity contribution < 1.29 is 4.74 Å². The number of halogens is 2. The molecule has 0 aliphatic rings. The van der Waals surface area contributed by atoms with E-state index in [-0.39, 0.29) is 5.38 Å². The van der Waals surface area contributed by atoms with Crippen LogP contribution in [-0.2, 0) is 0 Å². The van der Waals surface area contributed by atoms with Gasteiger partial charge in [-0.05, 0) is 46.5 Å². The van der Waals surface area contributed by atoms with Gasteiger partial charge in [-0.3, -0.25) is 0 Å². The molecule has 84 valence electrons. The Hall–Kier alpha value is -0.210. The summed E-state index contributed by atoms with van der Waals surface area (Å²) in [4.78, 5) is 0. The molecule has 0 saturated carbocycles. The summed E-state index contributed by atoms with van der Waals surface area (Å²) in [6, 6.07) is 6.01. The second-order valence-electron chi connectivity index (χ2n) is 3.77. The fourth-order valence-electron chi connectivity index (χ4n) is 1.35. The molecule has 0 fully saturated rings. The van der Waals surface area contributed by atoms with Crippen molar-refractivity contribution in [3.63, 3.8) is 0 Å². The molecule has 15 heavy (non-hydrogen) atoms. The van der Waals surface area contributed by atoms with E-state index >= 15 is 0 Å². The normalized spacial score (nSPS) is 12.9. The number of hydrogen-bond donors (Lipinski definition) is 0. The maximum Gasteiger partial charge on any atom is 0.133 e. The van der Waals surface area contributed by atoms with Gasteiger partial charge < -0.3 is 4.74 Å². The first-order valence-electron chi connectivity index (χ1n) is 5.12. The highest BCUT2D eigenvalue weighted by Crippen LogP contribution is 2.34. The minimum Gasteiger partial charge on any atom is -0.493 e. The van der Waals surface area contributed by atoms with Crippen LogP contribution in [0, 0.1) is 5.92 Å². The van der Waals surface area contributed by atoms with Gasteiger partial charge in [-0.2, -0.15) is 0 Å². The molecule has 0 spiro atoms. The fraction of sp³-hybridized carbons (Fsp3) is 0.500. The van der Waals surface area contributed by atoms with Crippen LogP contribution in [0.3, 0.4) is 0 Å². The van der Waals surface area contributed by atoms with Gasteiger partial charge in [0.1, 0.15) is 5.75 Å². The molecule has 1 aromatic carbocycles. The standard InChI is InChI=1S/C12H16BrClO/c1-4-15-11-6-5-9(7-10(11)13)12(14)8(2)3/h5-8,12H,4H2,1-3H3. The Morgan fingerprint density at radius 2 is 2.07 bits per heavy atom. The second kappa shape index (κ2) is 5.76. The Balaban J connectivity index is 2.90. The Morgan fingerprint density at radius 3 is 2.53 bits per heavy atom. The van der Waals surface area contributed by atoms with E-state index < -0.39 is 0 Å². The molecule has 1 nitrogen and oxygen atoms in total. The predicted octanol–water partition coefficient (Wildman–Crippen LogP) is 4.78. The van der Waals surface area contributed by atoms with E-state index in [4.69, 9.17) is 16.3 Å². The summed E-state index contributed by atoms with van der Waals surface area (Å²) in [7, 11) is 0. The molecular weight excluding hydrogens is 275 g/mol. The van der Waals surface area contributed by atoms with Gasteiger partial charge in [0.05, 0.1) is 16.5 Å². The van der Waals surface area contributed by atoms with Gasteiger partial charge in [0.25, 0.3) is 0 Å². The first-order chi connectivity index (χ1) is 7.06. The van der Waals surface area contributed by atoms with E-state index in [0.29, 0.717) is 12.5 Å². The lowest BCUT2D eigenvalue weighted by atomic mass is 10.0. The molecule has 1 aromatic rings. The van der Waals surface area contributed by atoms with Crippen LogP contribution in [0.2, 0.25) is 0 Å². The van der Waals surface area contributed by atoms with E-state index in [1.807, 2.05) is 25.1 Å². The number of ether oxygens (including phenoxy) is 1. The minimum atomic E-state index is 0.0528. The Labute approximate surface area is 105 Å². The van der Waals surface area contributed by atoms with Crippen LogP contribution in [0.5, 0.6) is 5.75 Å². The van der Waals surface area contributed by atoms with Crippen molar-refractivity contribution in [2.45, 2.75) is 26.1 Å². The molecule has 1 rings (SSSR count). The van der Waals surface area contributed by atoms with Crippen LogP contribution in [0.1, 0.15) is 31.7 Å². The average Bonchev–Trinajstić information content (AvgIpc) is 2.20. The lowest BCUT2D eigenvalue weighted by Crippen LogP contribution is -2.00. The molecule has 0 amide bonds. The summed E-state index contributed by atoms with van der Waals surface area (Å²) in [5, 5.41) is 0.0528. The second-order valence-corrected chi connectivity index (χ2v) is 5.09. The topological polar surface area (TPSA) is 9.23 Å². The molecule has 0 heterocycles. The maximum absolute atomic E-state index is 6.28. The Kier molecular flexibility index (Phi) is 4.94. The van der Waals surface area contributed by atoms with Gasteiger partial charge in [0, 0.05) is 0 Å². The molecular formula is C12H16BrClO. The van der Waals surface area contributed by atoms with Gasteiger partial charge in [0.2, 0.25) is 0 Å². The zero-order valence-electron chi connectivity index (χ0n) is 9.26. The number of benzene rings is 1. The molecule has 0 N–H and O–H groups in total. The van der Waals surface area contributed by atoms with Crippen molar-refractivity contribution in [3.8, 4) is 5.75 Å². The van der Waals surface area contributed by atoms with Gasteiger partial charge in [-0.25, -0.2) is 0 Å². The molecule has 0 aromatic heterocycles. The lowest BCUT2D eigenvalue weighted by Gasteiger charge is -2.15. The van der Waals surface area contributed by atoms with Crippen LogP contribution in [0.4, 0.5) is 0 Å². The Morgan fingerprint density at radius 1 is 1.40 bits per heavy atom. The maximum atomic E-state index is 6.28. The highest BCUT2D eigenvalue weighted by atomic mass is 79.9. The zero-order chi connectivity index (χ0) is 11.4. The summed E-state index contributed by atoms with van der Waals surface area (Å²) in [5.41, 5.74) is 1.13. The van der Waals surface area contributed by atoms with Gasteiger partial charge in [-0.1, -0.05) is 19.9 Å². The first kappa shape index (κ1) is 12.9. The molecule has 0 saturated heterocycles. The summed E-state index contributed by atoms with van der Waals surface area (Å²) >= 11 is 9.76. The van der Waals surface area contributed by atoms with Crippen molar-refractivity contribution in [2.24, 2.45) is 5.92 Å². The zero-order valence-corrected chi connectivity index (χ0v) is 11.6. The van der Waals surface area contributed by atoms with E-state index in [9.17, 15) is 0 Å². The number of hydrogen-bond acceptors (Lipinski definition) is 1. The van der Waals surface area contributed by atoms with Crippen molar-refractivity contribution in [1.29, 1.82) is 0 Å². The molecule has 0 bridgehead atoms. The molecule has 1 atom stereocenters. The molecule has 1 unspecified atom stereocenters. The van der Waals surface area contributed by atoms with Crippen molar-refractivity contribution in [3.05, 3.63) is 28.2 Å². The van der Waals surface area contributed by atoms with E-state index in [0.717, 1.165) is 15.8 Å². The summed E-state index contributed by atoms with van der Waals surface area (Å²) in [6.45, 7) is 6.87. The van der Waals surface area contributed by atoms with E-state index in [2.05, 4.69) is 29.8 Å². The number of rotatable bonds is 4. The van der Waals surface area contributed by atoms with Crippen molar-refractivity contribution in [2.75, 3.05) is 6.61 Å². The minimum absolute atomic E-state index is 0.0528. The fourth-order valence-corrected chi connectivity index (χ4v) is 1.99. The van der Waals surface area contributed by atoms with Crippen LogP contribution >= 0.6 is 27.5 Å². The van der Waals surface area contributed by atoms with E-state index in [1.165, 1.54) is 0 Å². The largest absolute Gasteiger partial charge is 0.493 e. The summed E-state index contributed by atoms with van der Waals surface area (Å²) < 4.78 is 6.41. The molecule has 0 radical (unpaired) electrons. The van der Waals surface area contributed by atoms with Crippen LogP contribution in [0.15, 0.2) is 22.7 Å². The highest BCUT2D eigenvalue weighted by molar-refractivity contribution is 9.10. The molecule has 0 aliphatic carbocycles. The Bertz CT molecular complexity index is 325. The van der Waals surface area contributed by atoms with E-state index in [1.54, 1.807) is 0 Å². The van der Waals surface area contributed by atoms with Gasteiger partial charge in [0.15, 0.2) is 0 Å². The third kappa shape index (κ3) is 3.39. The van der Waals surface area contributed by atoms with Crippen LogP contribution < -0.4 is 4.74 Å². The van der Waals surface area contributed by atoms with Crippen molar-refractivity contribution >= 4 is 27.5 Å². The average molecular weight is 292 g/mol. The third-order valence-corrected chi connectivity index (χ3v) is 3.54. The third-order valence-electron chi connectivity index (χ3n) is 2.16. The highest BCUT2D eigenvalue weighted by Gasteiger charge is 2.13. The molecule has 0 aliphatic heterocycles. The van der Waals surface area contributed by atoms with Gasteiger partial charge in [-0.15, -0.1) is 11.6 Å². The first-order valence-corrected chi connectivity index (χ1v) is 6.35. The smallest absolute Gasteiger partial charge is 0.133 e.